The number of hydrogen-bond acceptors (Lipinski definition) is 4. The van der Waals surface area contributed by atoms with E-state index in [0.717, 1.165) is 55.6 Å². The van der Waals surface area contributed by atoms with Crippen molar-refractivity contribution in [1.82, 2.24) is 0 Å². The Bertz CT molecular complexity index is 711. The third-order valence-electron chi connectivity index (χ3n) is 4.46. The summed E-state index contributed by atoms with van der Waals surface area (Å²) in [6.45, 7) is 3.23. The fraction of sp³-hybridized carbons (Fsp3) is 0.435. The van der Waals surface area contributed by atoms with Crippen molar-refractivity contribution in [2.24, 2.45) is 0 Å². The van der Waals surface area contributed by atoms with Crippen molar-refractivity contribution in [3.05, 3.63) is 59.7 Å². The first-order valence-corrected chi connectivity index (χ1v) is 9.94. The molecular weight excluding hydrogens is 356 g/mol. The minimum Gasteiger partial charge on any atom is -0.493 e. The highest BCUT2D eigenvalue weighted by Gasteiger charge is 2.04. The number of aryl methyl sites for hydroxylation is 1. The Morgan fingerprint density at radius 2 is 1.61 bits per heavy atom. The zero-order chi connectivity index (χ0) is 20.2. The number of aliphatic hydroxyl groups excluding tert-OH is 1. The predicted octanol–water partition coefficient (Wildman–Crippen LogP) is 4.72. The van der Waals surface area contributed by atoms with Gasteiger partial charge < -0.3 is 19.7 Å². The molecule has 0 radical (unpaired) electrons. The molecule has 0 fully saturated rings. The van der Waals surface area contributed by atoms with Crippen LogP contribution in [0.3, 0.4) is 0 Å². The van der Waals surface area contributed by atoms with Gasteiger partial charge >= 0.3 is 5.97 Å². The van der Waals surface area contributed by atoms with Gasteiger partial charge in [-0.2, -0.15) is 0 Å². The third kappa shape index (κ3) is 8.01. The van der Waals surface area contributed by atoms with Crippen LogP contribution in [0, 0.1) is 0 Å². The molecule has 2 aromatic carbocycles. The quantitative estimate of drug-likeness (QED) is 0.487. The topological polar surface area (TPSA) is 76.0 Å². The number of benzene rings is 2. The number of rotatable bonds is 13. The van der Waals surface area contributed by atoms with E-state index in [1.54, 1.807) is 12.1 Å². The number of aliphatic hydroxyl groups is 1. The summed E-state index contributed by atoms with van der Waals surface area (Å²) in [6, 6.07) is 14.5. The Labute approximate surface area is 166 Å². The molecule has 152 valence electrons. The molecule has 0 aliphatic rings. The summed E-state index contributed by atoms with van der Waals surface area (Å²) < 4.78 is 11.5. The number of carboxylic acid groups (broad SMARTS) is 1. The van der Waals surface area contributed by atoms with Gasteiger partial charge in [0.05, 0.1) is 24.9 Å². The summed E-state index contributed by atoms with van der Waals surface area (Å²) in [5.41, 5.74) is 1.40. The summed E-state index contributed by atoms with van der Waals surface area (Å²) in [7, 11) is 0. The van der Waals surface area contributed by atoms with Gasteiger partial charge in [0.1, 0.15) is 11.5 Å². The lowest BCUT2D eigenvalue weighted by molar-refractivity contribution is 0.0697. The van der Waals surface area contributed by atoms with Crippen molar-refractivity contribution in [3.63, 3.8) is 0 Å². The fourth-order valence-corrected chi connectivity index (χ4v) is 2.92. The summed E-state index contributed by atoms with van der Waals surface area (Å²) in [4.78, 5) is 10.9. The molecule has 28 heavy (non-hydrogen) atoms. The highest BCUT2D eigenvalue weighted by atomic mass is 16.5. The zero-order valence-electron chi connectivity index (χ0n) is 16.5. The van der Waals surface area contributed by atoms with Gasteiger partial charge in [0.2, 0.25) is 0 Å². The van der Waals surface area contributed by atoms with Crippen molar-refractivity contribution in [3.8, 4) is 11.5 Å². The number of aromatic carboxylic acids is 1. The van der Waals surface area contributed by atoms with Gasteiger partial charge in [-0.1, -0.05) is 31.5 Å². The van der Waals surface area contributed by atoms with Gasteiger partial charge in [-0.05, 0) is 61.9 Å². The van der Waals surface area contributed by atoms with E-state index >= 15 is 0 Å². The van der Waals surface area contributed by atoms with Gasteiger partial charge in [-0.25, -0.2) is 4.79 Å². The number of hydrogen-bond donors (Lipinski definition) is 2. The number of carbonyl (C=O) groups is 1. The van der Waals surface area contributed by atoms with Crippen LogP contribution in [0.1, 0.15) is 54.9 Å². The molecule has 0 amide bonds. The van der Waals surface area contributed by atoms with Crippen LogP contribution in [-0.4, -0.2) is 35.5 Å². The Morgan fingerprint density at radius 3 is 2.21 bits per heavy atom. The van der Waals surface area contributed by atoms with Crippen molar-refractivity contribution in [2.45, 2.75) is 51.6 Å². The van der Waals surface area contributed by atoms with Crippen LogP contribution >= 0.6 is 0 Å². The van der Waals surface area contributed by atoms with E-state index in [1.165, 1.54) is 0 Å². The first-order valence-electron chi connectivity index (χ1n) is 9.94. The lowest BCUT2D eigenvalue weighted by Crippen LogP contribution is -2.08. The predicted molar refractivity (Wildman–Crippen MR) is 109 cm³/mol. The van der Waals surface area contributed by atoms with E-state index in [4.69, 9.17) is 14.6 Å². The summed E-state index contributed by atoms with van der Waals surface area (Å²) in [5, 5.41) is 18.6. The zero-order valence-corrected chi connectivity index (χ0v) is 16.5. The minimum absolute atomic E-state index is 0.233. The lowest BCUT2D eigenvalue weighted by atomic mass is 10.1. The summed E-state index contributed by atoms with van der Waals surface area (Å²) >= 11 is 0. The maximum atomic E-state index is 10.9. The maximum Gasteiger partial charge on any atom is 0.335 e. The van der Waals surface area contributed by atoms with Crippen LogP contribution in [-0.2, 0) is 6.42 Å². The van der Waals surface area contributed by atoms with Crippen molar-refractivity contribution in [1.29, 1.82) is 0 Å². The molecule has 0 spiro atoms. The Kier molecular flexibility index (Phi) is 9.35. The average Bonchev–Trinajstić information content (AvgIpc) is 2.69. The second-order valence-corrected chi connectivity index (χ2v) is 6.86. The maximum absolute atomic E-state index is 10.9. The van der Waals surface area contributed by atoms with E-state index < -0.39 is 5.97 Å². The first-order chi connectivity index (χ1) is 13.6. The SMILES string of the molecule is CCCC(O)CCCOc1cccc(OCCCc2ccc(C(=O)O)cc2)c1. The first kappa shape index (κ1) is 21.8. The standard InChI is InChI=1S/C23H30O5/c1-2-6-20(24)8-5-16-28-22-10-3-9-21(17-22)27-15-4-7-18-11-13-19(14-12-18)23(25)26/h3,9-14,17,20,24H,2,4-8,15-16H2,1H3,(H,25,26). The van der Waals surface area contributed by atoms with Crippen LogP contribution in [0.25, 0.3) is 0 Å². The lowest BCUT2D eigenvalue weighted by Gasteiger charge is -2.11. The van der Waals surface area contributed by atoms with Crippen LogP contribution in [0.5, 0.6) is 11.5 Å². The van der Waals surface area contributed by atoms with Gasteiger partial charge in [0.15, 0.2) is 0 Å². The van der Waals surface area contributed by atoms with Gasteiger partial charge in [-0.15, -0.1) is 0 Å². The largest absolute Gasteiger partial charge is 0.493 e. The third-order valence-corrected chi connectivity index (χ3v) is 4.46. The molecule has 0 aromatic heterocycles. The normalized spacial score (nSPS) is 11.8. The van der Waals surface area contributed by atoms with E-state index in [9.17, 15) is 9.90 Å². The number of ether oxygens (including phenoxy) is 2. The molecule has 2 N–H and O–H groups in total. The van der Waals surface area contributed by atoms with Crippen LogP contribution in [0.4, 0.5) is 0 Å². The Morgan fingerprint density at radius 1 is 0.964 bits per heavy atom. The van der Waals surface area contributed by atoms with E-state index in [0.29, 0.717) is 18.8 Å². The average molecular weight is 386 g/mol. The van der Waals surface area contributed by atoms with Gasteiger partial charge in [-0.3, -0.25) is 0 Å². The fourth-order valence-electron chi connectivity index (χ4n) is 2.92. The molecule has 5 nitrogen and oxygen atoms in total. The summed E-state index contributed by atoms with van der Waals surface area (Å²) in [6.07, 6.45) is 4.86. The van der Waals surface area contributed by atoms with Gasteiger partial charge in [0.25, 0.3) is 0 Å². The molecular formula is C23H30O5. The second-order valence-electron chi connectivity index (χ2n) is 6.86. The second kappa shape index (κ2) is 12.0. The molecule has 0 saturated heterocycles. The van der Waals surface area contributed by atoms with Crippen molar-refractivity contribution in [2.75, 3.05) is 13.2 Å². The monoisotopic (exact) mass is 386 g/mol. The molecule has 2 aromatic rings. The Hall–Kier alpha value is -2.53. The van der Waals surface area contributed by atoms with Crippen LogP contribution in [0.2, 0.25) is 0 Å². The van der Waals surface area contributed by atoms with Gasteiger partial charge in [0, 0.05) is 6.07 Å². The molecule has 0 aliphatic carbocycles. The molecule has 0 aliphatic heterocycles. The molecule has 0 saturated carbocycles. The van der Waals surface area contributed by atoms with Crippen LogP contribution in [0.15, 0.2) is 48.5 Å². The molecule has 0 heterocycles. The molecule has 2 rings (SSSR count). The molecule has 1 unspecified atom stereocenters. The molecule has 1 atom stereocenters. The molecule has 5 heteroatoms. The smallest absolute Gasteiger partial charge is 0.335 e. The molecule has 0 bridgehead atoms. The van der Waals surface area contributed by atoms with E-state index in [1.807, 2.05) is 36.4 Å². The van der Waals surface area contributed by atoms with Crippen molar-refractivity contribution >= 4 is 5.97 Å². The van der Waals surface area contributed by atoms with Crippen LogP contribution < -0.4 is 9.47 Å². The van der Waals surface area contributed by atoms with Crippen molar-refractivity contribution < 1.29 is 24.5 Å². The minimum atomic E-state index is -0.908. The van der Waals surface area contributed by atoms with E-state index in [-0.39, 0.29) is 6.10 Å². The Balaban J connectivity index is 1.67. The summed E-state index contributed by atoms with van der Waals surface area (Å²) in [5.74, 6) is 0.630. The highest BCUT2D eigenvalue weighted by Crippen LogP contribution is 2.20. The highest BCUT2D eigenvalue weighted by molar-refractivity contribution is 5.87. The van der Waals surface area contributed by atoms with E-state index in [2.05, 4.69) is 6.92 Å². The number of carboxylic acids is 1.